The molecule has 0 aliphatic heterocycles. The molecule has 1 amide bonds. The van der Waals surface area contributed by atoms with Crippen molar-refractivity contribution in [1.29, 1.82) is 5.26 Å². The van der Waals surface area contributed by atoms with Crippen LogP contribution in [0.1, 0.15) is 19.4 Å². The van der Waals surface area contributed by atoms with E-state index in [4.69, 9.17) is 16.9 Å². The Morgan fingerprint density at radius 1 is 1.53 bits per heavy atom. The number of rotatable bonds is 4. The molecule has 1 N–H and O–H groups in total. The Kier molecular flexibility index (Phi) is 4.99. The lowest BCUT2D eigenvalue weighted by Gasteiger charge is -2.13. The number of hydrogen-bond acceptors (Lipinski definition) is 2. The monoisotopic (exact) mass is 250 g/mol. The Morgan fingerprint density at radius 3 is 2.76 bits per heavy atom. The van der Waals surface area contributed by atoms with Crippen LogP contribution in [0.2, 0.25) is 5.02 Å². The lowest BCUT2D eigenvalue weighted by atomic mass is 9.96. The highest BCUT2D eigenvalue weighted by molar-refractivity contribution is 6.30. The molecule has 0 aliphatic carbocycles. The highest BCUT2D eigenvalue weighted by atomic mass is 35.5. The molecule has 0 aliphatic rings. The number of nitriles is 1. The highest BCUT2D eigenvalue weighted by Gasteiger charge is 2.20. The molecule has 3 nitrogen and oxygen atoms in total. The quantitative estimate of drug-likeness (QED) is 0.893. The van der Waals surface area contributed by atoms with Crippen LogP contribution in [-0.4, -0.2) is 5.91 Å². The smallest absolute Gasteiger partial charge is 0.237 e. The van der Waals surface area contributed by atoms with E-state index in [0.717, 1.165) is 5.56 Å². The third-order valence-corrected chi connectivity index (χ3v) is 2.68. The van der Waals surface area contributed by atoms with Crippen molar-refractivity contribution in [2.75, 3.05) is 0 Å². The van der Waals surface area contributed by atoms with Gasteiger partial charge in [-0.05, 0) is 23.6 Å². The molecule has 1 rings (SSSR count). The Bertz CT molecular complexity index is 437. The fourth-order valence-electron chi connectivity index (χ4n) is 1.46. The number of carbonyl (C=O) groups excluding carboxylic acids is 1. The van der Waals surface area contributed by atoms with E-state index in [1.165, 1.54) is 0 Å². The molecule has 0 saturated heterocycles. The van der Waals surface area contributed by atoms with Gasteiger partial charge in [-0.15, -0.1) is 0 Å². The molecule has 90 valence electrons. The summed E-state index contributed by atoms with van der Waals surface area (Å²) in [6, 6.07) is 9.28. The summed E-state index contributed by atoms with van der Waals surface area (Å²) >= 11 is 5.84. The molecule has 0 fully saturated rings. The third-order valence-electron chi connectivity index (χ3n) is 2.44. The maximum atomic E-state index is 11.7. The fourth-order valence-corrected chi connectivity index (χ4v) is 1.67. The topological polar surface area (TPSA) is 52.9 Å². The van der Waals surface area contributed by atoms with E-state index in [-0.39, 0.29) is 11.8 Å². The Morgan fingerprint density at radius 2 is 2.24 bits per heavy atom. The maximum absolute atomic E-state index is 11.7. The van der Waals surface area contributed by atoms with Gasteiger partial charge in [0.05, 0.1) is 6.07 Å². The Hall–Kier alpha value is -1.53. The molecule has 0 spiro atoms. The second-order valence-electron chi connectivity index (χ2n) is 4.20. The zero-order valence-electron chi connectivity index (χ0n) is 9.90. The van der Waals surface area contributed by atoms with Gasteiger partial charge in [-0.2, -0.15) is 5.26 Å². The van der Waals surface area contributed by atoms with Crippen LogP contribution in [0.25, 0.3) is 0 Å². The van der Waals surface area contributed by atoms with Gasteiger partial charge in [0, 0.05) is 11.6 Å². The second kappa shape index (κ2) is 6.27. The van der Waals surface area contributed by atoms with Crippen LogP contribution in [0.15, 0.2) is 24.3 Å². The third kappa shape index (κ3) is 4.08. The van der Waals surface area contributed by atoms with Crippen molar-refractivity contribution < 1.29 is 4.79 Å². The van der Waals surface area contributed by atoms with Crippen molar-refractivity contribution in [2.45, 2.75) is 20.4 Å². The Labute approximate surface area is 106 Å². The Balaban J connectivity index is 2.57. The van der Waals surface area contributed by atoms with Gasteiger partial charge in [0.1, 0.15) is 5.92 Å². The van der Waals surface area contributed by atoms with Crippen molar-refractivity contribution in [2.24, 2.45) is 11.8 Å². The van der Waals surface area contributed by atoms with E-state index in [9.17, 15) is 4.79 Å². The van der Waals surface area contributed by atoms with E-state index in [1.54, 1.807) is 12.1 Å². The van der Waals surface area contributed by atoms with E-state index >= 15 is 0 Å². The lowest BCUT2D eigenvalue weighted by molar-refractivity contribution is -0.124. The predicted octanol–water partition coefficient (Wildman–Crippen LogP) is 2.75. The summed E-state index contributed by atoms with van der Waals surface area (Å²) in [6.45, 7) is 4.10. The van der Waals surface area contributed by atoms with Crippen LogP contribution >= 0.6 is 11.6 Å². The molecular weight excluding hydrogens is 236 g/mol. The van der Waals surface area contributed by atoms with Crippen molar-refractivity contribution in [3.05, 3.63) is 34.9 Å². The summed E-state index contributed by atoms with van der Waals surface area (Å²) in [5.74, 6) is -0.823. The zero-order valence-corrected chi connectivity index (χ0v) is 10.7. The minimum Gasteiger partial charge on any atom is -0.351 e. The van der Waals surface area contributed by atoms with Gasteiger partial charge in [-0.25, -0.2) is 0 Å². The molecule has 0 aromatic heterocycles. The number of benzene rings is 1. The first-order chi connectivity index (χ1) is 8.04. The highest BCUT2D eigenvalue weighted by Crippen LogP contribution is 2.12. The summed E-state index contributed by atoms with van der Waals surface area (Å²) in [7, 11) is 0. The molecule has 0 bridgehead atoms. The van der Waals surface area contributed by atoms with Crippen molar-refractivity contribution >= 4 is 17.5 Å². The van der Waals surface area contributed by atoms with Crippen LogP contribution in [0.4, 0.5) is 0 Å². The molecule has 1 aromatic rings. The van der Waals surface area contributed by atoms with Crippen LogP contribution in [0.5, 0.6) is 0 Å². The molecule has 1 unspecified atom stereocenters. The fraction of sp³-hybridized carbons (Fsp3) is 0.385. The van der Waals surface area contributed by atoms with Crippen LogP contribution in [0, 0.1) is 23.2 Å². The number of carbonyl (C=O) groups is 1. The first kappa shape index (κ1) is 13.5. The van der Waals surface area contributed by atoms with Gasteiger partial charge in [-0.3, -0.25) is 4.79 Å². The molecule has 1 aromatic carbocycles. The van der Waals surface area contributed by atoms with Gasteiger partial charge < -0.3 is 5.32 Å². The summed E-state index contributed by atoms with van der Waals surface area (Å²) in [5.41, 5.74) is 0.922. The minimum absolute atomic E-state index is 0.0133. The first-order valence-electron chi connectivity index (χ1n) is 5.46. The summed E-state index contributed by atoms with van der Waals surface area (Å²) < 4.78 is 0. The largest absolute Gasteiger partial charge is 0.351 e. The molecular formula is C13H15ClN2O. The van der Waals surface area contributed by atoms with E-state index in [1.807, 2.05) is 32.0 Å². The van der Waals surface area contributed by atoms with E-state index in [0.29, 0.717) is 11.6 Å². The summed E-state index contributed by atoms with van der Waals surface area (Å²) in [4.78, 5) is 11.7. The normalized spacial score (nSPS) is 11.9. The summed E-state index contributed by atoms with van der Waals surface area (Å²) in [6.07, 6.45) is 0. The van der Waals surface area contributed by atoms with Crippen LogP contribution < -0.4 is 5.32 Å². The van der Waals surface area contributed by atoms with Gasteiger partial charge in [-0.1, -0.05) is 37.6 Å². The summed E-state index contributed by atoms with van der Waals surface area (Å²) in [5, 5.41) is 12.3. The molecule has 0 saturated carbocycles. The number of halogens is 1. The molecule has 0 heterocycles. The lowest BCUT2D eigenvalue weighted by Crippen LogP contribution is -2.32. The standard InChI is InChI=1S/C13H15ClN2O/c1-9(2)12(7-15)13(17)16-8-10-4-3-5-11(14)6-10/h3-6,9,12H,8H2,1-2H3,(H,16,17). The van der Waals surface area contributed by atoms with Crippen LogP contribution in [-0.2, 0) is 11.3 Å². The number of nitrogens with one attached hydrogen (secondary N) is 1. The van der Waals surface area contributed by atoms with E-state index in [2.05, 4.69) is 5.32 Å². The van der Waals surface area contributed by atoms with Gasteiger partial charge in [0.25, 0.3) is 0 Å². The minimum atomic E-state index is -0.603. The molecule has 4 heteroatoms. The number of hydrogen-bond donors (Lipinski definition) is 1. The molecule has 1 atom stereocenters. The predicted molar refractivity (Wildman–Crippen MR) is 67.2 cm³/mol. The number of amides is 1. The average Bonchev–Trinajstić information content (AvgIpc) is 2.27. The SMILES string of the molecule is CC(C)C(C#N)C(=O)NCc1cccc(Cl)c1. The van der Waals surface area contributed by atoms with Gasteiger partial charge >= 0.3 is 0 Å². The average molecular weight is 251 g/mol. The van der Waals surface area contributed by atoms with Crippen LogP contribution in [0.3, 0.4) is 0 Å². The molecule has 0 radical (unpaired) electrons. The van der Waals surface area contributed by atoms with Gasteiger partial charge in [0.15, 0.2) is 0 Å². The van der Waals surface area contributed by atoms with Gasteiger partial charge in [0.2, 0.25) is 5.91 Å². The number of nitrogens with zero attached hydrogens (tertiary/aromatic N) is 1. The maximum Gasteiger partial charge on any atom is 0.237 e. The first-order valence-corrected chi connectivity index (χ1v) is 5.84. The van der Waals surface area contributed by atoms with Crippen molar-refractivity contribution in [1.82, 2.24) is 5.32 Å². The van der Waals surface area contributed by atoms with Crippen molar-refractivity contribution in [3.63, 3.8) is 0 Å². The van der Waals surface area contributed by atoms with Crippen molar-refractivity contribution in [3.8, 4) is 6.07 Å². The zero-order chi connectivity index (χ0) is 12.8. The second-order valence-corrected chi connectivity index (χ2v) is 4.63. The van der Waals surface area contributed by atoms with E-state index < -0.39 is 5.92 Å². The molecule has 17 heavy (non-hydrogen) atoms.